The molecule has 0 unspecified atom stereocenters. The van der Waals surface area contributed by atoms with Gasteiger partial charge in [0.05, 0.1) is 20.6 Å². The number of carbonyl (C=O) groups excluding carboxylic acids is 2. The zero-order valence-electron chi connectivity index (χ0n) is 16.6. The van der Waals surface area contributed by atoms with Gasteiger partial charge in [-0.3, -0.25) is 9.59 Å². The standard InChI is InChI=1S/C22H26N2O4/c1-16(25)18-5-4-6-19(15-18)23-9-11-24(12-10-23)22(26)14-17-7-8-20(27-2)21(13-17)28-3/h4-8,13,15H,9-12,14H2,1-3H3. The van der Waals surface area contributed by atoms with Gasteiger partial charge >= 0.3 is 0 Å². The normalized spacial score (nSPS) is 14.0. The van der Waals surface area contributed by atoms with Crippen LogP contribution in [0, 0.1) is 0 Å². The molecule has 3 rings (SSSR count). The van der Waals surface area contributed by atoms with Crippen molar-refractivity contribution in [2.24, 2.45) is 0 Å². The highest BCUT2D eigenvalue weighted by Crippen LogP contribution is 2.28. The van der Waals surface area contributed by atoms with Crippen LogP contribution in [0.5, 0.6) is 11.5 Å². The molecule has 2 aromatic carbocycles. The van der Waals surface area contributed by atoms with Gasteiger partial charge in [0.2, 0.25) is 5.91 Å². The van der Waals surface area contributed by atoms with Crippen LogP contribution in [0.2, 0.25) is 0 Å². The molecule has 1 amide bonds. The lowest BCUT2D eigenvalue weighted by molar-refractivity contribution is -0.130. The number of methoxy groups -OCH3 is 2. The number of amides is 1. The van der Waals surface area contributed by atoms with E-state index in [4.69, 9.17) is 9.47 Å². The second kappa shape index (κ2) is 8.78. The van der Waals surface area contributed by atoms with E-state index >= 15 is 0 Å². The minimum absolute atomic E-state index is 0.0607. The molecule has 0 atom stereocenters. The van der Waals surface area contributed by atoms with Crippen molar-refractivity contribution in [1.82, 2.24) is 4.90 Å². The number of carbonyl (C=O) groups is 2. The van der Waals surface area contributed by atoms with Crippen LogP contribution < -0.4 is 14.4 Å². The van der Waals surface area contributed by atoms with E-state index in [1.165, 1.54) is 0 Å². The number of ether oxygens (including phenoxy) is 2. The Hall–Kier alpha value is -3.02. The zero-order valence-corrected chi connectivity index (χ0v) is 16.6. The van der Waals surface area contributed by atoms with Gasteiger partial charge in [0.1, 0.15) is 0 Å². The predicted molar refractivity (Wildman–Crippen MR) is 108 cm³/mol. The zero-order chi connectivity index (χ0) is 20.1. The molecule has 1 aliphatic heterocycles. The number of hydrogen-bond acceptors (Lipinski definition) is 5. The van der Waals surface area contributed by atoms with Gasteiger partial charge in [0.15, 0.2) is 17.3 Å². The highest BCUT2D eigenvalue weighted by molar-refractivity contribution is 5.95. The van der Waals surface area contributed by atoms with Crippen LogP contribution in [0.1, 0.15) is 22.8 Å². The van der Waals surface area contributed by atoms with E-state index in [1.807, 2.05) is 47.4 Å². The first-order valence-corrected chi connectivity index (χ1v) is 9.36. The van der Waals surface area contributed by atoms with E-state index in [0.29, 0.717) is 36.6 Å². The summed E-state index contributed by atoms with van der Waals surface area (Å²) in [5.74, 6) is 1.44. The maximum Gasteiger partial charge on any atom is 0.227 e. The van der Waals surface area contributed by atoms with E-state index in [0.717, 1.165) is 24.3 Å². The van der Waals surface area contributed by atoms with Gasteiger partial charge in [-0.1, -0.05) is 18.2 Å². The lowest BCUT2D eigenvalue weighted by atomic mass is 10.1. The number of piperazine rings is 1. The Morgan fingerprint density at radius 1 is 0.929 bits per heavy atom. The number of Topliss-reactive ketones (excluding diaryl/α,β-unsaturated/α-hetero) is 1. The van der Waals surface area contributed by atoms with Crippen LogP contribution in [-0.2, 0) is 11.2 Å². The summed E-state index contributed by atoms with van der Waals surface area (Å²) < 4.78 is 10.6. The topological polar surface area (TPSA) is 59.1 Å². The Morgan fingerprint density at radius 2 is 1.64 bits per heavy atom. The Bertz CT molecular complexity index is 857. The van der Waals surface area contributed by atoms with Gasteiger partial charge in [0.25, 0.3) is 0 Å². The smallest absolute Gasteiger partial charge is 0.227 e. The Kier molecular flexibility index (Phi) is 6.19. The molecule has 6 heteroatoms. The summed E-state index contributed by atoms with van der Waals surface area (Å²) >= 11 is 0. The van der Waals surface area contributed by atoms with Gasteiger partial charge in [-0.25, -0.2) is 0 Å². The largest absolute Gasteiger partial charge is 0.493 e. The predicted octanol–water partition coefficient (Wildman–Crippen LogP) is 2.80. The van der Waals surface area contributed by atoms with Crippen LogP contribution in [0.3, 0.4) is 0 Å². The second-order valence-electron chi connectivity index (χ2n) is 6.84. The molecule has 148 valence electrons. The molecule has 2 aromatic rings. The fourth-order valence-corrected chi connectivity index (χ4v) is 3.41. The minimum Gasteiger partial charge on any atom is -0.493 e. The molecule has 6 nitrogen and oxygen atoms in total. The molecule has 28 heavy (non-hydrogen) atoms. The molecule has 1 heterocycles. The molecule has 0 N–H and O–H groups in total. The molecule has 0 spiro atoms. The number of benzene rings is 2. The highest BCUT2D eigenvalue weighted by atomic mass is 16.5. The highest BCUT2D eigenvalue weighted by Gasteiger charge is 2.22. The average molecular weight is 382 g/mol. The maximum absolute atomic E-state index is 12.7. The van der Waals surface area contributed by atoms with E-state index in [2.05, 4.69) is 4.90 Å². The van der Waals surface area contributed by atoms with Crippen molar-refractivity contribution in [2.45, 2.75) is 13.3 Å². The van der Waals surface area contributed by atoms with Gasteiger partial charge in [-0.05, 0) is 36.8 Å². The Balaban J connectivity index is 1.59. The number of rotatable bonds is 6. The molecular formula is C22H26N2O4. The van der Waals surface area contributed by atoms with Gasteiger partial charge in [-0.2, -0.15) is 0 Å². The third kappa shape index (κ3) is 4.44. The molecule has 1 fully saturated rings. The summed E-state index contributed by atoms with van der Waals surface area (Å²) in [6.07, 6.45) is 0.334. The summed E-state index contributed by atoms with van der Waals surface area (Å²) in [5, 5.41) is 0. The molecule has 0 aromatic heterocycles. The first kappa shape index (κ1) is 19.7. The van der Waals surface area contributed by atoms with Crippen molar-refractivity contribution >= 4 is 17.4 Å². The van der Waals surface area contributed by atoms with Crippen molar-refractivity contribution in [2.75, 3.05) is 45.3 Å². The first-order valence-electron chi connectivity index (χ1n) is 9.36. The molecule has 1 saturated heterocycles. The molecule has 0 aliphatic carbocycles. The lowest BCUT2D eigenvalue weighted by Gasteiger charge is -2.36. The van der Waals surface area contributed by atoms with Crippen molar-refractivity contribution < 1.29 is 19.1 Å². The van der Waals surface area contributed by atoms with E-state index in [1.54, 1.807) is 21.1 Å². The number of anilines is 1. The summed E-state index contributed by atoms with van der Waals surface area (Å²) in [6, 6.07) is 13.2. The Morgan fingerprint density at radius 3 is 2.29 bits per heavy atom. The molecule has 1 aliphatic rings. The molecule has 0 radical (unpaired) electrons. The number of nitrogens with zero attached hydrogens (tertiary/aromatic N) is 2. The minimum atomic E-state index is 0.0607. The monoisotopic (exact) mass is 382 g/mol. The summed E-state index contributed by atoms with van der Waals surface area (Å²) in [4.78, 5) is 28.4. The fraction of sp³-hybridized carbons (Fsp3) is 0.364. The summed E-state index contributed by atoms with van der Waals surface area (Å²) in [6.45, 7) is 4.40. The maximum atomic E-state index is 12.7. The van der Waals surface area contributed by atoms with Crippen LogP contribution in [0.25, 0.3) is 0 Å². The lowest BCUT2D eigenvalue weighted by Crippen LogP contribution is -2.49. The van der Waals surface area contributed by atoms with Crippen LogP contribution >= 0.6 is 0 Å². The van der Waals surface area contributed by atoms with E-state index in [-0.39, 0.29) is 11.7 Å². The van der Waals surface area contributed by atoms with E-state index < -0.39 is 0 Å². The van der Waals surface area contributed by atoms with Gasteiger partial charge < -0.3 is 19.3 Å². The van der Waals surface area contributed by atoms with Crippen molar-refractivity contribution in [3.8, 4) is 11.5 Å². The van der Waals surface area contributed by atoms with Crippen LogP contribution in [0.4, 0.5) is 5.69 Å². The number of ketones is 1. The van der Waals surface area contributed by atoms with Crippen molar-refractivity contribution in [3.63, 3.8) is 0 Å². The van der Waals surface area contributed by atoms with E-state index in [9.17, 15) is 9.59 Å². The van der Waals surface area contributed by atoms with Crippen molar-refractivity contribution in [1.29, 1.82) is 0 Å². The molecule has 0 bridgehead atoms. The van der Waals surface area contributed by atoms with Gasteiger partial charge in [0, 0.05) is 37.4 Å². The number of hydrogen-bond donors (Lipinski definition) is 0. The SMILES string of the molecule is COc1ccc(CC(=O)N2CCN(c3cccc(C(C)=O)c3)CC2)cc1OC. The average Bonchev–Trinajstić information content (AvgIpc) is 2.73. The van der Waals surface area contributed by atoms with Crippen LogP contribution in [0.15, 0.2) is 42.5 Å². The Labute approximate surface area is 165 Å². The summed E-state index contributed by atoms with van der Waals surface area (Å²) in [7, 11) is 3.18. The van der Waals surface area contributed by atoms with Crippen molar-refractivity contribution in [3.05, 3.63) is 53.6 Å². The third-order valence-corrected chi connectivity index (χ3v) is 5.05. The quantitative estimate of drug-likeness (QED) is 0.719. The third-order valence-electron chi connectivity index (χ3n) is 5.05. The molecule has 0 saturated carbocycles. The molecular weight excluding hydrogens is 356 g/mol. The summed E-state index contributed by atoms with van der Waals surface area (Å²) in [5.41, 5.74) is 2.64. The van der Waals surface area contributed by atoms with Gasteiger partial charge in [-0.15, -0.1) is 0 Å². The van der Waals surface area contributed by atoms with Crippen LogP contribution in [-0.4, -0.2) is 57.0 Å². The second-order valence-corrected chi connectivity index (χ2v) is 6.84. The first-order chi connectivity index (χ1) is 13.5. The fourth-order valence-electron chi connectivity index (χ4n) is 3.41.